The van der Waals surface area contributed by atoms with Crippen molar-refractivity contribution in [2.75, 3.05) is 16.7 Å². The maximum Gasteiger partial charge on any atom is 0.264 e. The Hall–Kier alpha value is -2.83. The first-order valence-corrected chi connectivity index (χ1v) is 11.3. The highest BCUT2D eigenvalue weighted by atomic mass is 35.5. The van der Waals surface area contributed by atoms with Crippen molar-refractivity contribution in [1.29, 1.82) is 0 Å². The molecule has 0 aliphatic carbocycles. The van der Waals surface area contributed by atoms with Crippen molar-refractivity contribution in [3.63, 3.8) is 0 Å². The van der Waals surface area contributed by atoms with Gasteiger partial charge in [0.25, 0.3) is 15.9 Å². The summed E-state index contributed by atoms with van der Waals surface area (Å²) in [5.74, 6) is -0.399. The van der Waals surface area contributed by atoms with Crippen LogP contribution in [0, 0.1) is 6.92 Å². The molecule has 0 spiro atoms. The van der Waals surface area contributed by atoms with Crippen molar-refractivity contribution in [3.05, 3.63) is 88.4 Å². The minimum atomic E-state index is -3.78. The Morgan fingerprint density at radius 3 is 2.37 bits per heavy atom. The molecular formula is C23H23ClN2O3S. The second-order valence-corrected chi connectivity index (χ2v) is 9.29. The van der Waals surface area contributed by atoms with Crippen molar-refractivity contribution in [3.8, 4) is 0 Å². The number of rotatable bonds is 6. The first-order valence-electron chi connectivity index (χ1n) is 9.48. The molecule has 1 N–H and O–H groups in total. The number of amides is 1. The zero-order valence-corrected chi connectivity index (χ0v) is 18.6. The highest BCUT2D eigenvalue weighted by molar-refractivity contribution is 7.92. The largest absolute Gasteiger partial charge is 0.322 e. The van der Waals surface area contributed by atoms with Crippen LogP contribution in [-0.4, -0.2) is 21.4 Å². The maximum atomic E-state index is 13.0. The summed E-state index contributed by atoms with van der Waals surface area (Å²) in [7, 11) is -2.32. The van der Waals surface area contributed by atoms with E-state index in [0.717, 1.165) is 21.9 Å². The fourth-order valence-corrected chi connectivity index (χ4v) is 4.42. The first kappa shape index (κ1) is 21.9. The van der Waals surface area contributed by atoms with E-state index in [1.807, 2.05) is 38.1 Å². The zero-order valence-electron chi connectivity index (χ0n) is 17.0. The lowest BCUT2D eigenvalue weighted by molar-refractivity contribution is 0.102. The number of aryl methyl sites for hydroxylation is 2. The number of carbonyl (C=O) groups excluding carboxylic acids is 1. The summed E-state index contributed by atoms with van der Waals surface area (Å²) < 4.78 is 27.1. The lowest BCUT2D eigenvalue weighted by Gasteiger charge is -2.21. The molecule has 156 valence electrons. The predicted octanol–water partition coefficient (Wildman–Crippen LogP) is 5.29. The number of anilines is 2. The van der Waals surface area contributed by atoms with E-state index in [-0.39, 0.29) is 15.5 Å². The fraction of sp³-hybridized carbons (Fsp3) is 0.174. The maximum absolute atomic E-state index is 13.0. The summed E-state index contributed by atoms with van der Waals surface area (Å²) in [6.45, 7) is 3.89. The summed E-state index contributed by atoms with van der Waals surface area (Å²) >= 11 is 6.26. The van der Waals surface area contributed by atoms with Crippen molar-refractivity contribution in [1.82, 2.24) is 0 Å². The van der Waals surface area contributed by atoms with Gasteiger partial charge in [-0.1, -0.05) is 54.4 Å². The molecule has 3 aromatic rings. The molecule has 0 aromatic heterocycles. The van der Waals surface area contributed by atoms with Gasteiger partial charge in [-0.2, -0.15) is 0 Å². The van der Waals surface area contributed by atoms with Crippen molar-refractivity contribution in [2.45, 2.75) is 25.2 Å². The Balaban J connectivity index is 1.92. The summed E-state index contributed by atoms with van der Waals surface area (Å²) in [5, 5.41) is 3.11. The number of hydrogen-bond acceptors (Lipinski definition) is 3. The number of nitrogens with zero attached hydrogens (tertiary/aromatic N) is 1. The molecule has 30 heavy (non-hydrogen) atoms. The second kappa shape index (κ2) is 8.90. The van der Waals surface area contributed by atoms with Gasteiger partial charge in [0, 0.05) is 12.7 Å². The number of sulfonamides is 1. The lowest BCUT2D eigenvalue weighted by atomic mass is 10.1. The number of carbonyl (C=O) groups is 1. The topological polar surface area (TPSA) is 66.5 Å². The molecule has 3 aromatic carbocycles. The third kappa shape index (κ3) is 4.50. The molecular weight excluding hydrogens is 420 g/mol. The number of halogens is 1. The average molecular weight is 443 g/mol. The highest BCUT2D eigenvalue weighted by Gasteiger charge is 2.23. The molecule has 0 unspecified atom stereocenters. The Kier molecular flexibility index (Phi) is 6.48. The summed E-state index contributed by atoms with van der Waals surface area (Å²) in [5.41, 5.74) is 3.21. The van der Waals surface area contributed by atoms with Gasteiger partial charge in [0.05, 0.1) is 21.2 Å². The molecule has 7 heteroatoms. The van der Waals surface area contributed by atoms with E-state index in [9.17, 15) is 13.2 Å². The molecule has 0 radical (unpaired) electrons. The molecule has 5 nitrogen and oxygen atoms in total. The van der Waals surface area contributed by atoms with Crippen LogP contribution in [0.1, 0.15) is 28.4 Å². The minimum Gasteiger partial charge on any atom is -0.322 e. The van der Waals surface area contributed by atoms with E-state index in [2.05, 4.69) is 5.32 Å². The first-order chi connectivity index (χ1) is 14.2. The van der Waals surface area contributed by atoms with Crippen LogP contribution in [0.25, 0.3) is 0 Å². The minimum absolute atomic E-state index is 0.174. The molecule has 0 aliphatic rings. The Labute approximate surface area is 182 Å². The molecule has 0 saturated heterocycles. The molecule has 0 fully saturated rings. The quantitative estimate of drug-likeness (QED) is 0.564. The van der Waals surface area contributed by atoms with Gasteiger partial charge in [0.2, 0.25) is 0 Å². The third-order valence-electron chi connectivity index (χ3n) is 4.88. The van der Waals surface area contributed by atoms with E-state index >= 15 is 0 Å². The SMILES string of the molecule is CCc1ccccc1NC(=O)c1cc(N(C)S(=O)(=O)c2ccc(C)cc2)ccc1Cl. The smallest absolute Gasteiger partial charge is 0.264 e. The normalized spacial score (nSPS) is 11.2. The van der Waals surface area contributed by atoms with Crippen LogP contribution in [0.15, 0.2) is 71.6 Å². The molecule has 0 bridgehead atoms. The van der Waals surface area contributed by atoms with Crippen LogP contribution in [-0.2, 0) is 16.4 Å². The monoisotopic (exact) mass is 442 g/mol. The molecule has 0 heterocycles. The van der Waals surface area contributed by atoms with Crippen molar-refractivity contribution in [2.24, 2.45) is 0 Å². The van der Waals surface area contributed by atoms with E-state index < -0.39 is 15.9 Å². The van der Waals surface area contributed by atoms with Crippen LogP contribution < -0.4 is 9.62 Å². The Morgan fingerprint density at radius 2 is 1.70 bits per heavy atom. The van der Waals surface area contributed by atoms with E-state index in [1.54, 1.807) is 30.3 Å². The number of benzene rings is 3. The van der Waals surface area contributed by atoms with Crippen molar-refractivity contribution < 1.29 is 13.2 Å². The van der Waals surface area contributed by atoms with Crippen LogP contribution in [0.2, 0.25) is 5.02 Å². The van der Waals surface area contributed by atoms with Gasteiger partial charge in [-0.3, -0.25) is 9.10 Å². The predicted molar refractivity (Wildman–Crippen MR) is 122 cm³/mol. The third-order valence-corrected chi connectivity index (χ3v) is 7.01. The van der Waals surface area contributed by atoms with E-state index in [0.29, 0.717) is 11.4 Å². The standard InChI is InChI=1S/C23H23ClN2O3S/c1-4-17-7-5-6-8-22(17)25-23(27)20-15-18(11-14-21(20)24)26(3)30(28,29)19-12-9-16(2)10-13-19/h5-15H,4H2,1-3H3,(H,25,27). The van der Waals surface area contributed by atoms with Gasteiger partial charge >= 0.3 is 0 Å². The van der Waals surface area contributed by atoms with Crippen LogP contribution >= 0.6 is 11.6 Å². The summed E-state index contributed by atoms with van der Waals surface area (Å²) in [6, 6.07) is 18.7. The number of hydrogen-bond donors (Lipinski definition) is 1. The Morgan fingerprint density at radius 1 is 1.03 bits per heavy atom. The van der Waals surface area contributed by atoms with Gasteiger partial charge in [-0.05, 0) is 55.3 Å². The van der Waals surface area contributed by atoms with Gasteiger partial charge in [0.15, 0.2) is 0 Å². The fourth-order valence-electron chi connectivity index (χ4n) is 3.03. The number of nitrogens with one attached hydrogen (secondary N) is 1. The molecule has 0 atom stereocenters. The van der Waals surface area contributed by atoms with Gasteiger partial charge in [-0.15, -0.1) is 0 Å². The van der Waals surface area contributed by atoms with E-state index in [4.69, 9.17) is 11.6 Å². The second-order valence-electron chi connectivity index (χ2n) is 6.91. The highest BCUT2D eigenvalue weighted by Crippen LogP contribution is 2.28. The van der Waals surface area contributed by atoms with Gasteiger partial charge in [-0.25, -0.2) is 8.42 Å². The van der Waals surface area contributed by atoms with Crippen LogP contribution in [0.4, 0.5) is 11.4 Å². The summed E-state index contributed by atoms with van der Waals surface area (Å²) in [4.78, 5) is 13.0. The van der Waals surface area contributed by atoms with Crippen LogP contribution in [0.5, 0.6) is 0 Å². The Bertz CT molecular complexity index is 1180. The summed E-state index contributed by atoms with van der Waals surface area (Å²) in [6.07, 6.45) is 0.766. The molecule has 0 aliphatic heterocycles. The average Bonchev–Trinajstić information content (AvgIpc) is 2.74. The zero-order chi connectivity index (χ0) is 21.9. The van der Waals surface area contributed by atoms with Gasteiger partial charge in [0.1, 0.15) is 0 Å². The molecule has 0 saturated carbocycles. The molecule has 3 rings (SSSR count). The van der Waals surface area contributed by atoms with Gasteiger partial charge < -0.3 is 5.32 Å². The number of para-hydroxylation sites is 1. The lowest BCUT2D eigenvalue weighted by Crippen LogP contribution is -2.27. The molecule has 1 amide bonds. The van der Waals surface area contributed by atoms with E-state index in [1.165, 1.54) is 19.2 Å². The van der Waals surface area contributed by atoms with Crippen LogP contribution in [0.3, 0.4) is 0 Å². The van der Waals surface area contributed by atoms with Crippen molar-refractivity contribution >= 4 is 38.9 Å².